The number of nitrogens with two attached hydrogens (primary N) is 7. The van der Waals surface area contributed by atoms with E-state index in [0.29, 0.717) is 23.1 Å². The predicted octanol–water partition coefficient (Wildman–Crippen LogP) is -1.48. The van der Waals surface area contributed by atoms with E-state index >= 15 is 0 Å². The molecular formula is C68H103N19O13. The molecule has 2 aliphatic heterocycles. The number of carbonyl (C=O) groups excluding carboxylic acids is 9. The van der Waals surface area contributed by atoms with E-state index in [9.17, 15) is 63.3 Å². The lowest BCUT2D eigenvalue weighted by molar-refractivity contribution is -0.143. The standard InChI is InChI=1S/C68H103N19O13/c1-37(2)29-52(64(99)100)84-61(96)55(68(5,6)7)85-59(94)50(33-40-15-10-18-43(88)32-40)82-60(95)53-22-14-27-87(53)63(98)49(21-13-26-78-67(74)75)81-57(92)47(19-11-24-76-65(70)71)79-54(90)23-28-86-36-42-17-9-8-16-41(42)34-51(62(86)97)83-58(93)48(20-12-25-77-66(72)73)80-56(91)46(69)35-45-38(3)30-44(89)31-39(45)4/h8-10,15-18,30-32,37,46-53,55,88-89H,11-14,19-29,33-36,69H2,1-7H3,(H,79,90)(H,80,91)(H,81,92)(H,82,95)(H,83,93)(H,84,96)(H,85,94)(H,99,100)(H4,70,71,76)(H4,72,73,77)(H4,74,75,78)/t46-,47-,48+,49-,50-,51-,52-,53-,55+/m0/s1. The summed E-state index contributed by atoms with van der Waals surface area (Å²) in [7, 11) is 0. The Balaban J connectivity index is 1.37. The van der Waals surface area contributed by atoms with Crippen LogP contribution < -0.4 is 77.4 Å². The topological polar surface area (TPSA) is 541 Å². The normalized spacial score (nSPS) is 16.5. The molecule has 5 rings (SSSR count). The van der Waals surface area contributed by atoms with Gasteiger partial charge in [-0.15, -0.1) is 0 Å². The summed E-state index contributed by atoms with van der Waals surface area (Å²) in [6, 6.07) is 4.81. The van der Waals surface area contributed by atoms with E-state index in [1.807, 2.05) is 12.1 Å². The van der Waals surface area contributed by atoms with Crippen LogP contribution in [0.2, 0.25) is 0 Å². The molecule has 0 radical (unpaired) electrons. The fourth-order valence-electron chi connectivity index (χ4n) is 12.0. The third-order valence-electron chi connectivity index (χ3n) is 17.2. The van der Waals surface area contributed by atoms with Crippen LogP contribution in [0.15, 0.2) is 75.6 Å². The smallest absolute Gasteiger partial charge is 0.326 e. The number of carboxylic acid groups (broad SMARTS) is 1. The van der Waals surface area contributed by atoms with Gasteiger partial charge < -0.3 is 102 Å². The maximum Gasteiger partial charge on any atom is 0.326 e. The number of hydrogen-bond acceptors (Lipinski definition) is 16. The van der Waals surface area contributed by atoms with E-state index in [0.717, 1.165) is 16.7 Å². The number of nitrogens with one attached hydrogen (secondary N) is 7. The van der Waals surface area contributed by atoms with E-state index in [-0.39, 0.29) is 152 Å². The van der Waals surface area contributed by atoms with Crippen molar-refractivity contribution in [1.82, 2.24) is 47.0 Å². The summed E-state index contributed by atoms with van der Waals surface area (Å²) >= 11 is 0. The van der Waals surface area contributed by atoms with E-state index in [2.05, 4.69) is 52.2 Å². The number of benzene rings is 3. The fraction of sp³-hybridized carbons (Fsp3) is 0.544. The molecule has 2 aliphatic rings. The van der Waals surface area contributed by atoms with Gasteiger partial charge in [-0.1, -0.05) is 71.0 Å². The number of likely N-dealkylation sites (tertiary alicyclic amines) is 1. The molecule has 3 aromatic rings. The average molecular weight is 1390 g/mol. The molecule has 0 unspecified atom stereocenters. The Labute approximate surface area is 582 Å². The summed E-state index contributed by atoms with van der Waals surface area (Å²) in [6.45, 7) is 12.2. The van der Waals surface area contributed by atoms with Crippen molar-refractivity contribution in [2.75, 3.05) is 32.7 Å². The molecule has 0 aromatic heterocycles. The summed E-state index contributed by atoms with van der Waals surface area (Å²) in [6.07, 6.45) is 0.525. The first kappa shape index (κ1) is 80.4. The lowest BCUT2D eigenvalue weighted by Crippen LogP contribution is -2.61. The van der Waals surface area contributed by atoms with Gasteiger partial charge in [-0.3, -0.25) is 58.1 Å². The molecule has 1 saturated heterocycles. The van der Waals surface area contributed by atoms with Gasteiger partial charge in [-0.2, -0.15) is 0 Å². The van der Waals surface area contributed by atoms with Gasteiger partial charge in [0.2, 0.25) is 53.2 Å². The first-order valence-corrected chi connectivity index (χ1v) is 33.6. The van der Waals surface area contributed by atoms with Gasteiger partial charge in [-0.25, -0.2) is 4.79 Å². The van der Waals surface area contributed by atoms with E-state index in [4.69, 9.17) is 40.1 Å². The van der Waals surface area contributed by atoms with Gasteiger partial charge in [0.15, 0.2) is 17.9 Å². The molecule has 0 bridgehead atoms. The molecule has 32 nitrogen and oxygen atoms in total. The Kier molecular flexibility index (Phi) is 30.7. The van der Waals surface area contributed by atoms with Gasteiger partial charge in [-0.05, 0) is 147 Å². The van der Waals surface area contributed by atoms with Gasteiger partial charge in [0.25, 0.3) is 0 Å². The Bertz CT molecular complexity index is 3450. The summed E-state index contributed by atoms with van der Waals surface area (Å²) in [5, 5.41) is 49.6. The van der Waals surface area contributed by atoms with Crippen LogP contribution in [0, 0.1) is 25.2 Å². The SMILES string of the molecule is Cc1cc(O)cc(C)c1C[C@H](N)C(=O)N[C@H](CCCN=C(N)N)C(=O)N[C@H]1Cc2ccccc2CN(CCC(=O)N[C@@H](CCCN=C(N)N)C(=O)N[C@@H](CCCN=C(N)N)C(=O)N2CCC[C@H]2C(=O)N[C@@H](Cc2cccc(O)c2)C(=O)N[C@H](C(=O)N[C@@H](CC(C)C)C(=O)O)C(C)(C)C)C1=O. The van der Waals surface area contributed by atoms with Gasteiger partial charge >= 0.3 is 5.97 Å². The number of aromatic hydroxyl groups is 2. The van der Waals surface area contributed by atoms with E-state index in [1.54, 1.807) is 78.8 Å². The second kappa shape index (κ2) is 38.2. The third kappa shape index (κ3) is 25.5. The molecule has 0 saturated carbocycles. The lowest BCUT2D eigenvalue weighted by Gasteiger charge is -2.33. The molecule has 32 heteroatoms. The maximum absolute atomic E-state index is 15.0. The van der Waals surface area contributed by atoms with Crippen molar-refractivity contribution in [2.45, 2.75) is 193 Å². The lowest BCUT2D eigenvalue weighted by atomic mass is 9.85. The summed E-state index contributed by atoms with van der Waals surface area (Å²) < 4.78 is 0. The number of amides is 9. The number of carbonyl (C=O) groups is 10. The minimum Gasteiger partial charge on any atom is -0.508 e. The number of aliphatic carboxylic acids is 1. The van der Waals surface area contributed by atoms with Crippen LogP contribution >= 0.6 is 0 Å². The number of hydrogen-bond donors (Lipinski definition) is 17. The van der Waals surface area contributed by atoms with Gasteiger partial charge in [0.05, 0.1) is 6.04 Å². The van der Waals surface area contributed by atoms with E-state index < -0.39 is 119 Å². The van der Waals surface area contributed by atoms with Crippen LogP contribution in [0.5, 0.6) is 11.5 Å². The second-order valence-electron chi connectivity index (χ2n) is 27.0. The number of phenolic OH excluding ortho intramolecular Hbond substituents is 2. The van der Waals surface area contributed by atoms with Crippen LogP contribution in [0.25, 0.3) is 0 Å². The van der Waals surface area contributed by atoms with Crippen LogP contribution in [0.4, 0.5) is 0 Å². The van der Waals surface area contributed by atoms with Crippen molar-refractivity contribution in [3.63, 3.8) is 0 Å². The molecule has 100 heavy (non-hydrogen) atoms. The fourth-order valence-corrected chi connectivity index (χ4v) is 12.0. The van der Waals surface area contributed by atoms with Crippen molar-refractivity contribution in [2.24, 2.45) is 66.4 Å². The van der Waals surface area contributed by atoms with Crippen molar-refractivity contribution in [3.8, 4) is 11.5 Å². The van der Waals surface area contributed by atoms with E-state index in [1.165, 1.54) is 28.0 Å². The maximum atomic E-state index is 15.0. The summed E-state index contributed by atoms with van der Waals surface area (Å²) in [5.41, 5.74) is 43.1. The Morgan fingerprint density at radius 1 is 0.630 bits per heavy atom. The molecule has 0 aliphatic carbocycles. The second-order valence-corrected chi connectivity index (χ2v) is 27.0. The molecule has 2 heterocycles. The minimum absolute atomic E-state index is 0.0247. The van der Waals surface area contributed by atoms with Gasteiger partial charge in [0, 0.05) is 58.5 Å². The van der Waals surface area contributed by atoms with Crippen LogP contribution in [0.3, 0.4) is 0 Å². The number of rotatable bonds is 36. The highest BCUT2D eigenvalue weighted by Gasteiger charge is 2.42. The van der Waals surface area contributed by atoms with Crippen LogP contribution in [-0.2, 0) is 73.8 Å². The van der Waals surface area contributed by atoms with Crippen molar-refractivity contribution >= 4 is 77.0 Å². The third-order valence-corrected chi connectivity index (χ3v) is 17.2. The number of aryl methyl sites for hydroxylation is 2. The quantitative estimate of drug-likeness (QED) is 0.0179. The predicted molar refractivity (Wildman–Crippen MR) is 376 cm³/mol. The molecule has 0 spiro atoms. The molecule has 3 aromatic carbocycles. The Hall–Kier alpha value is -10.3. The zero-order valence-corrected chi connectivity index (χ0v) is 58.2. The largest absolute Gasteiger partial charge is 0.508 e. The highest BCUT2D eigenvalue weighted by atomic mass is 16.4. The molecule has 1 fully saturated rings. The Morgan fingerprint density at radius 2 is 1.18 bits per heavy atom. The van der Waals surface area contributed by atoms with Crippen LogP contribution in [-0.4, -0.2) is 189 Å². The average Bonchev–Trinajstić information content (AvgIpc) is 1.42. The minimum atomic E-state index is -1.42. The van der Waals surface area contributed by atoms with Crippen molar-refractivity contribution in [1.29, 1.82) is 0 Å². The van der Waals surface area contributed by atoms with Gasteiger partial charge in [0.1, 0.15) is 59.8 Å². The molecule has 24 N–H and O–H groups in total. The zero-order valence-electron chi connectivity index (χ0n) is 58.2. The number of fused-ring (bicyclic) bond motifs is 1. The molecule has 9 atom stereocenters. The Morgan fingerprint density at radius 3 is 1.74 bits per heavy atom. The highest BCUT2D eigenvalue weighted by molar-refractivity contribution is 5.98. The number of aliphatic imine (C=N–C) groups is 3. The monoisotopic (exact) mass is 1390 g/mol. The number of nitrogens with zero attached hydrogens (tertiary/aromatic N) is 5. The zero-order chi connectivity index (χ0) is 74.1. The number of phenols is 2. The number of carboxylic acids is 1. The molecular weight excluding hydrogens is 1290 g/mol. The van der Waals surface area contributed by atoms with Crippen LogP contribution in [0.1, 0.15) is 132 Å². The number of guanidine groups is 3. The first-order valence-electron chi connectivity index (χ1n) is 33.6. The molecule has 9 amide bonds. The van der Waals surface area contributed by atoms with Crippen molar-refractivity contribution in [3.05, 3.63) is 94.0 Å². The first-order chi connectivity index (χ1) is 47.1. The summed E-state index contributed by atoms with van der Waals surface area (Å²) in [4.78, 5) is 157. The molecule has 548 valence electrons. The highest BCUT2D eigenvalue weighted by Crippen LogP contribution is 2.26. The van der Waals surface area contributed by atoms with Crippen molar-refractivity contribution < 1.29 is 63.3 Å². The summed E-state index contributed by atoms with van der Waals surface area (Å²) in [5.74, 6) is -8.56.